The number of halogens is 1. The molecule has 1 saturated heterocycles. The number of guanidine groups is 1. The molecule has 0 bridgehead atoms. The van der Waals surface area contributed by atoms with Crippen LogP contribution in [0.1, 0.15) is 42.9 Å². The highest BCUT2D eigenvalue weighted by molar-refractivity contribution is 14.0. The fraction of sp³-hybridized carbons (Fsp3) is 0.400. The lowest BCUT2D eigenvalue weighted by Crippen LogP contribution is -2.37. The molecule has 4 rings (SSSR count). The van der Waals surface area contributed by atoms with Gasteiger partial charge in [-0.25, -0.2) is 9.98 Å². The topological polar surface area (TPSA) is 70.4 Å². The van der Waals surface area contributed by atoms with Gasteiger partial charge in [-0.15, -0.1) is 24.0 Å². The summed E-state index contributed by atoms with van der Waals surface area (Å²) in [6, 6.07) is 14.6. The Morgan fingerprint density at radius 3 is 2.58 bits per heavy atom. The quantitative estimate of drug-likeness (QED) is 0.246. The molecule has 176 valence electrons. The minimum Gasteiger partial charge on any atom is -0.357 e. The van der Waals surface area contributed by atoms with Crippen LogP contribution in [0.2, 0.25) is 0 Å². The monoisotopic (exact) mass is 559 g/mol. The Hall–Kier alpha value is -2.62. The second-order valence-electron chi connectivity index (χ2n) is 8.09. The van der Waals surface area contributed by atoms with E-state index >= 15 is 0 Å². The number of anilines is 1. The van der Waals surface area contributed by atoms with Gasteiger partial charge in [-0.1, -0.05) is 24.3 Å². The normalized spacial score (nSPS) is 14.0. The molecule has 1 aromatic carbocycles. The van der Waals surface area contributed by atoms with Crippen molar-refractivity contribution in [2.45, 2.75) is 45.8 Å². The predicted octanol–water partition coefficient (Wildman–Crippen LogP) is 4.19. The molecule has 0 atom stereocenters. The number of rotatable bonds is 8. The Bertz CT molecular complexity index is 998. The molecule has 0 unspecified atom stereocenters. The van der Waals surface area contributed by atoms with Gasteiger partial charge in [0.25, 0.3) is 0 Å². The van der Waals surface area contributed by atoms with Crippen LogP contribution >= 0.6 is 24.0 Å². The van der Waals surface area contributed by atoms with Crippen molar-refractivity contribution in [3.63, 3.8) is 0 Å². The van der Waals surface area contributed by atoms with E-state index < -0.39 is 0 Å². The van der Waals surface area contributed by atoms with Crippen molar-refractivity contribution in [1.82, 2.24) is 25.4 Å². The van der Waals surface area contributed by atoms with Gasteiger partial charge in [-0.2, -0.15) is 5.10 Å². The second-order valence-corrected chi connectivity index (χ2v) is 8.09. The minimum atomic E-state index is 0. The molecule has 7 nitrogen and oxygen atoms in total. The van der Waals surface area contributed by atoms with Gasteiger partial charge >= 0.3 is 0 Å². The number of piperidine rings is 1. The zero-order chi connectivity index (χ0) is 22.0. The zero-order valence-electron chi connectivity index (χ0n) is 19.3. The largest absolute Gasteiger partial charge is 0.357 e. The number of nitrogens with zero attached hydrogens (tertiary/aromatic N) is 5. The van der Waals surface area contributed by atoms with Crippen LogP contribution in [0, 0.1) is 0 Å². The molecule has 0 radical (unpaired) electrons. The summed E-state index contributed by atoms with van der Waals surface area (Å²) in [6.45, 7) is 7.19. The maximum atomic E-state index is 4.82. The van der Waals surface area contributed by atoms with Crippen molar-refractivity contribution in [2.24, 2.45) is 4.99 Å². The second kappa shape index (κ2) is 13.2. The van der Waals surface area contributed by atoms with Gasteiger partial charge < -0.3 is 15.5 Å². The van der Waals surface area contributed by atoms with Crippen molar-refractivity contribution in [3.05, 3.63) is 77.7 Å². The van der Waals surface area contributed by atoms with E-state index in [9.17, 15) is 0 Å². The number of hydrogen-bond donors (Lipinski definition) is 2. The average Bonchev–Trinajstić information content (AvgIpc) is 3.36. The van der Waals surface area contributed by atoms with Crippen molar-refractivity contribution in [1.29, 1.82) is 0 Å². The number of pyridine rings is 1. The van der Waals surface area contributed by atoms with Crippen LogP contribution in [0.3, 0.4) is 0 Å². The molecule has 0 spiro atoms. The Labute approximate surface area is 213 Å². The van der Waals surface area contributed by atoms with Gasteiger partial charge in [0.1, 0.15) is 5.82 Å². The highest BCUT2D eigenvalue weighted by Crippen LogP contribution is 2.18. The van der Waals surface area contributed by atoms with Crippen LogP contribution < -0.4 is 15.5 Å². The minimum absolute atomic E-state index is 0. The summed E-state index contributed by atoms with van der Waals surface area (Å²) in [7, 11) is 0. The fourth-order valence-electron chi connectivity index (χ4n) is 4.00. The van der Waals surface area contributed by atoms with Crippen molar-refractivity contribution < 1.29 is 0 Å². The number of benzene rings is 1. The third-order valence-corrected chi connectivity index (χ3v) is 5.71. The van der Waals surface area contributed by atoms with Gasteiger partial charge in [0.05, 0.1) is 13.1 Å². The Morgan fingerprint density at radius 1 is 1.00 bits per heavy atom. The molecule has 3 aromatic rings. The van der Waals surface area contributed by atoms with Crippen LogP contribution in [0.15, 0.2) is 66.0 Å². The van der Waals surface area contributed by atoms with Crippen LogP contribution in [0.25, 0.3) is 0 Å². The van der Waals surface area contributed by atoms with E-state index in [2.05, 4.69) is 68.9 Å². The number of aromatic nitrogens is 3. The zero-order valence-corrected chi connectivity index (χ0v) is 21.6. The summed E-state index contributed by atoms with van der Waals surface area (Å²) in [5, 5.41) is 11.2. The lowest BCUT2D eigenvalue weighted by Gasteiger charge is -2.27. The molecule has 0 amide bonds. The molecule has 1 fully saturated rings. The van der Waals surface area contributed by atoms with E-state index in [0.29, 0.717) is 13.1 Å². The number of aliphatic imine (C=N–C) groups is 1. The average molecular weight is 560 g/mol. The Balaban J connectivity index is 0.00000306. The lowest BCUT2D eigenvalue weighted by atomic mass is 10.1. The first-order valence-electron chi connectivity index (χ1n) is 11.6. The number of hydrogen-bond acceptors (Lipinski definition) is 4. The summed E-state index contributed by atoms with van der Waals surface area (Å²) in [4.78, 5) is 11.8. The molecule has 0 saturated carbocycles. The summed E-state index contributed by atoms with van der Waals surface area (Å²) >= 11 is 0. The van der Waals surface area contributed by atoms with Gasteiger partial charge in [0, 0.05) is 44.8 Å². The predicted molar refractivity (Wildman–Crippen MR) is 145 cm³/mol. The highest BCUT2D eigenvalue weighted by Gasteiger charge is 2.12. The van der Waals surface area contributed by atoms with Gasteiger partial charge in [-0.3, -0.25) is 4.68 Å². The highest BCUT2D eigenvalue weighted by atomic mass is 127. The molecule has 1 aliphatic rings. The first-order valence-corrected chi connectivity index (χ1v) is 11.6. The molecule has 8 heteroatoms. The van der Waals surface area contributed by atoms with Gasteiger partial charge in [-0.05, 0) is 61.1 Å². The molecule has 2 N–H and O–H groups in total. The van der Waals surface area contributed by atoms with E-state index in [0.717, 1.165) is 38.0 Å². The maximum absolute atomic E-state index is 4.82. The van der Waals surface area contributed by atoms with E-state index in [-0.39, 0.29) is 24.0 Å². The van der Waals surface area contributed by atoms with Gasteiger partial charge in [0.15, 0.2) is 5.96 Å². The molecule has 2 aromatic heterocycles. The molecular weight excluding hydrogens is 525 g/mol. The summed E-state index contributed by atoms with van der Waals surface area (Å²) in [6.07, 6.45) is 9.53. The van der Waals surface area contributed by atoms with Crippen LogP contribution in [0.5, 0.6) is 0 Å². The molecule has 3 heterocycles. The van der Waals surface area contributed by atoms with Crippen LogP contribution in [0.4, 0.5) is 5.82 Å². The van der Waals surface area contributed by atoms with Gasteiger partial charge in [0.2, 0.25) is 0 Å². The molecule has 33 heavy (non-hydrogen) atoms. The van der Waals surface area contributed by atoms with E-state index in [1.807, 2.05) is 29.3 Å². The fourth-order valence-corrected chi connectivity index (χ4v) is 4.00. The van der Waals surface area contributed by atoms with Crippen LogP contribution in [-0.4, -0.2) is 40.4 Å². The molecule has 0 aliphatic carbocycles. The first-order chi connectivity index (χ1) is 15.8. The van der Waals surface area contributed by atoms with Crippen molar-refractivity contribution in [2.75, 3.05) is 24.5 Å². The van der Waals surface area contributed by atoms with E-state index in [4.69, 9.17) is 4.99 Å². The van der Waals surface area contributed by atoms with Crippen molar-refractivity contribution in [3.8, 4) is 0 Å². The standard InChI is InChI=1S/C25H33N7.HI/c1-2-26-25(28-18-21-11-13-27-24(17-21)31-14-6-3-7-15-31)29-19-22-9-4-5-10-23(22)20-32-16-8-12-30-32;/h4-5,8-13,16-17H,2-3,6-7,14-15,18-20H2,1H3,(H2,26,28,29);1H. The summed E-state index contributed by atoms with van der Waals surface area (Å²) < 4.78 is 1.95. The SMILES string of the molecule is CCNC(=NCc1ccnc(N2CCCCC2)c1)NCc1ccccc1Cn1cccn1.I. The third-order valence-electron chi connectivity index (χ3n) is 5.71. The van der Waals surface area contributed by atoms with Crippen LogP contribution in [-0.2, 0) is 19.6 Å². The maximum Gasteiger partial charge on any atom is 0.191 e. The van der Waals surface area contributed by atoms with E-state index in [1.54, 1.807) is 0 Å². The Kier molecular flexibility index (Phi) is 9.99. The lowest BCUT2D eigenvalue weighted by molar-refractivity contribution is 0.573. The molecular formula is C25H34IN7. The Morgan fingerprint density at radius 2 is 1.82 bits per heavy atom. The first kappa shape index (κ1) is 25.0. The molecule has 1 aliphatic heterocycles. The van der Waals surface area contributed by atoms with Crippen molar-refractivity contribution >= 4 is 35.8 Å². The number of nitrogens with one attached hydrogen (secondary N) is 2. The van der Waals surface area contributed by atoms with E-state index in [1.165, 1.54) is 36.0 Å². The smallest absolute Gasteiger partial charge is 0.191 e. The summed E-state index contributed by atoms with van der Waals surface area (Å²) in [5.41, 5.74) is 3.67. The third kappa shape index (κ3) is 7.45. The summed E-state index contributed by atoms with van der Waals surface area (Å²) in [5.74, 6) is 1.89.